The van der Waals surface area contributed by atoms with Crippen LogP contribution in [0.3, 0.4) is 0 Å². The SMILES string of the molecule is COC(=O)c1cc(N)cc(-c2c(Cl)nc(NC(C)C)c(=O)n2CC(=O)O)c1. The summed E-state index contributed by atoms with van der Waals surface area (Å²) in [5, 5.41) is 11.9. The van der Waals surface area contributed by atoms with Crippen molar-refractivity contribution in [3.63, 3.8) is 0 Å². The third-order valence-corrected chi connectivity index (χ3v) is 3.76. The van der Waals surface area contributed by atoms with Crippen LogP contribution in [0.15, 0.2) is 23.0 Å². The van der Waals surface area contributed by atoms with Crippen molar-refractivity contribution in [3.05, 3.63) is 39.3 Å². The lowest BCUT2D eigenvalue weighted by molar-refractivity contribution is -0.137. The number of nitrogen functional groups attached to an aromatic ring is 1. The largest absolute Gasteiger partial charge is 0.480 e. The van der Waals surface area contributed by atoms with Gasteiger partial charge in [0, 0.05) is 17.3 Å². The fourth-order valence-corrected chi connectivity index (χ4v) is 2.79. The molecule has 0 saturated heterocycles. The highest BCUT2D eigenvalue weighted by molar-refractivity contribution is 6.32. The maximum Gasteiger partial charge on any atom is 0.337 e. The average molecular weight is 395 g/mol. The first-order valence-electron chi connectivity index (χ1n) is 7.92. The highest BCUT2D eigenvalue weighted by Crippen LogP contribution is 2.29. The molecule has 0 saturated carbocycles. The molecule has 4 N–H and O–H groups in total. The van der Waals surface area contributed by atoms with Gasteiger partial charge in [-0.1, -0.05) is 11.6 Å². The number of aromatic nitrogens is 2. The van der Waals surface area contributed by atoms with Crippen LogP contribution in [0.1, 0.15) is 24.2 Å². The highest BCUT2D eigenvalue weighted by atomic mass is 35.5. The van der Waals surface area contributed by atoms with Crippen molar-refractivity contribution in [2.75, 3.05) is 18.2 Å². The second-order valence-electron chi connectivity index (χ2n) is 6.02. The van der Waals surface area contributed by atoms with E-state index in [1.165, 1.54) is 25.3 Å². The monoisotopic (exact) mass is 394 g/mol. The third-order valence-electron chi connectivity index (χ3n) is 3.49. The van der Waals surface area contributed by atoms with Gasteiger partial charge in [0.15, 0.2) is 11.0 Å². The number of benzene rings is 1. The highest BCUT2D eigenvalue weighted by Gasteiger charge is 2.21. The summed E-state index contributed by atoms with van der Waals surface area (Å²) in [6, 6.07) is 4.13. The van der Waals surface area contributed by atoms with Gasteiger partial charge in [-0.25, -0.2) is 9.78 Å². The number of rotatable bonds is 6. The Hall–Kier alpha value is -3.07. The van der Waals surface area contributed by atoms with Gasteiger partial charge < -0.3 is 20.9 Å². The number of nitrogens with two attached hydrogens (primary N) is 1. The van der Waals surface area contributed by atoms with Crippen molar-refractivity contribution in [2.24, 2.45) is 0 Å². The van der Waals surface area contributed by atoms with Gasteiger partial charge in [-0.3, -0.25) is 14.2 Å². The molecule has 2 aromatic rings. The Morgan fingerprint density at radius 3 is 2.59 bits per heavy atom. The Morgan fingerprint density at radius 2 is 2.04 bits per heavy atom. The number of carbonyl (C=O) groups excluding carboxylic acids is 1. The zero-order chi connectivity index (χ0) is 20.3. The molecule has 0 bridgehead atoms. The lowest BCUT2D eigenvalue weighted by atomic mass is 10.1. The number of esters is 1. The number of halogens is 1. The lowest BCUT2D eigenvalue weighted by Gasteiger charge is -2.17. The summed E-state index contributed by atoms with van der Waals surface area (Å²) in [6.07, 6.45) is 0. The summed E-state index contributed by atoms with van der Waals surface area (Å²) < 4.78 is 5.65. The Labute approximate surface area is 159 Å². The molecule has 1 heterocycles. The van der Waals surface area contributed by atoms with Crippen molar-refractivity contribution < 1.29 is 19.4 Å². The van der Waals surface area contributed by atoms with Gasteiger partial charge in [0.05, 0.1) is 18.4 Å². The zero-order valence-corrected chi connectivity index (χ0v) is 15.7. The number of methoxy groups -OCH3 is 1. The van der Waals surface area contributed by atoms with E-state index < -0.39 is 24.0 Å². The van der Waals surface area contributed by atoms with E-state index in [0.717, 1.165) is 4.57 Å². The number of aliphatic carboxylic acids is 1. The quantitative estimate of drug-likeness (QED) is 0.498. The van der Waals surface area contributed by atoms with Crippen LogP contribution in [0.2, 0.25) is 5.15 Å². The molecule has 0 aliphatic heterocycles. The summed E-state index contributed by atoms with van der Waals surface area (Å²) >= 11 is 6.27. The maximum absolute atomic E-state index is 12.7. The molecule has 10 heteroatoms. The Balaban J connectivity index is 2.78. The summed E-state index contributed by atoms with van der Waals surface area (Å²) in [4.78, 5) is 39.9. The Morgan fingerprint density at radius 1 is 1.37 bits per heavy atom. The first kappa shape index (κ1) is 20.2. The third kappa shape index (κ3) is 4.56. The Bertz CT molecular complexity index is 955. The number of anilines is 2. The number of carboxylic acid groups (broad SMARTS) is 1. The van der Waals surface area contributed by atoms with Crippen molar-refractivity contribution in [1.82, 2.24) is 9.55 Å². The molecule has 27 heavy (non-hydrogen) atoms. The van der Waals surface area contributed by atoms with E-state index >= 15 is 0 Å². The second kappa shape index (κ2) is 8.09. The number of hydrogen-bond acceptors (Lipinski definition) is 7. The molecule has 144 valence electrons. The van der Waals surface area contributed by atoms with Gasteiger partial charge in [0.1, 0.15) is 6.54 Å². The van der Waals surface area contributed by atoms with Crippen molar-refractivity contribution in [2.45, 2.75) is 26.4 Å². The van der Waals surface area contributed by atoms with Crippen LogP contribution in [0, 0.1) is 0 Å². The number of carboxylic acids is 1. The van der Waals surface area contributed by atoms with E-state index in [2.05, 4.69) is 15.0 Å². The molecule has 0 amide bonds. The molecular formula is C17H19ClN4O5. The standard InChI is InChI=1S/C17H19ClN4O5/c1-8(2)20-15-16(25)22(7-12(23)24)13(14(18)21-15)9-4-10(17(26)27-3)6-11(19)5-9/h4-6,8H,7,19H2,1-3H3,(H,20,21)(H,23,24). The molecule has 0 unspecified atom stereocenters. The Kier molecular flexibility index (Phi) is 6.06. The topological polar surface area (TPSA) is 137 Å². The molecule has 0 aliphatic carbocycles. The summed E-state index contributed by atoms with van der Waals surface area (Å²) in [5.74, 6) is -1.96. The smallest absolute Gasteiger partial charge is 0.337 e. The lowest BCUT2D eigenvalue weighted by Crippen LogP contribution is -2.31. The molecule has 0 aliphatic rings. The molecule has 1 aromatic heterocycles. The van der Waals surface area contributed by atoms with Crippen LogP contribution in [0.25, 0.3) is 11.3 Å². The number of ether oxygens (including phenoxy) is 1. The van der Waals surface area contributed by atoms with Crippen LogP contribution in [0.4, 0.5) is 11.5 Å². The van der Waals surface area contributed by atoms with E-state index in [-0.39, 0.29) is 39.5 Å². The minimum Gasteiger partial charge on any atom is -0.480 e. The first-order chi connectivity index (χ1) is 12.6. The molecule has 2 rings (SSSR count). The summed E-state index contributed by atoms with van der Waals surface area (Å²) in [5.41, 5.74) is 5.82. The van der Waals surface area contributed by atoms with Crippen LogP contribution in [0.5, 0.6) is 0 Å². The number of carbonyl (C=O) groups is 2. The van der Waals surface area contributed by atoms with Crippen LogP contribution in [-0.4, -0.2) is 39.7 Å². The van der Waals surface area contributed by atoms with E-state index in [4.69, 9.17) is 17.3 Å². The van der Waals surface area contributed by atoms with Gasteiger partial charge in [-0.05, 0) is 32.0 Å². The molecule has 0 atom stereocenters. The summed E-state index contributed by atoms with van der Waals surface area (Å²) in [6.45, 7) is 2.95. The molecular weight excluding hydrogens is 376 g/mol. The van der Waals surface area contributed by atoms with Crippen molar-refractivity contribution in [1.29, 1.82) is 0 Å². The first-order valence-corrected chi connectivity index (χ1v) is 8.29. The fourth-order valence-electron chi connectivity index (χ4n) is 2.49. The molecule has 9 nitrogen and oxygen atoms in total. The minimum atomic E-state index is -1.24. The molecule has 0 radical (unpaired) electrons. The predicted molar refractivity (Wildman–Crippen MR) is 101 cm³/mol. The van der Waals surface area contributed by atoms with Crippen LogP contribution < -0.4 is 16.6 Å². The van der Waals surface area contributed by atoms with E-state index in [1.54, 1.807) is 13.8 Å². The van der Waals surface area contributed by atoms with Gasteiger partial charge in [-0.2, -0.15) is 0 Å². The number of nitrogens with one attached hydrogen (secondary N) is 1. The average Bonchev–Trinajstić information content (AvgIpc) is 2.57. The molecule has 0 fully saturated rings. The van der Waals surface area contributed by atoms with Gasteiger partial charge in [-0.15, -0.1) is 0 Å². The van der Waals surface area contributed by atoms with Crippen LogP contribution >= 0.6 is 11.6 Å². The van der Waals surface area contributed by atoms with E-state index in [1.807, 2.05) is 0 Å². The van der Waals surface area contributed by atoms with E-state index in [9.17, 15) is 19.5 Å². The van der Waals surface area contributed by atoms with Crippen LogP contribution in [-0.2, 0) is 16.1 Å². The van der Waals surface area contributed by atoms with E-state index in [0.29, 0.717) is 0 Å². The zero-order valence-electron chi connectivity index (χ0n) is 14.9. The molecule has 1 aromatic carbocycles. The van der Waals surface area contributed by atoms with Gasteiger partial charge in [0.2, 0.25) is 0 Å². The predicted octanol–water partition coefficient (Wildman–Crippen LogP) is 1.84. The normalized spacial score (nSPS) is 10.7. The maximum atomic E-state index is 12.7. The minimum absolute atomic E-state index is 0.0378. The number of nitrogens with zero attached hydrogens (tertiary/aromatic N) is 2. The van der Waals surface area contributed by atoms with Gasteiger partial charge in [0.25, 0.3) is 5.56 Å². The summed E-state index contributed by atoms with van der Waals surface area (Å²) in [7, 11) is 1.21. The van der Waals surface area contributed by atoms with Crippen molar-refractivity contribution >= 4 is 35.0 Å². The van der Waals surface area contributed by atoms with Gasteiger partial charge >= 0.3 is 11.9 Å². The number of hydrogen-bond donors (Lipinski definition) is 3. The van der Waals surface area contributed by atoms with Crippen molar-refractivity contribution in [3.8, 4) is 11.3 Å². The second-order valence-corrected chi connectivity index (χ2v) is 6.38. The molecule has 0 spiro atoms. The fraction of sp³-hybridized carbons (Fsp3) is 0.294.